The zero-order chi connectivity index (χ0) is 27.3. The first-order chi connectivity index (χ1) is 17.4. The van der Waals surface area contributed by atoms with E-state index in [-0.39, 0.29) is 23.6 Å². The number of hydrogen-bond acceptors (Lipinski definition) is 5. The number of rotatable bonds is 9. The van der Waals surface area contributed by atoms with Gasteiger partial charge in [0.1, 0.15) is 17.7 Å². The van der Waals surface area contributed by atoms with E-state index in [9.17, 15) is 14.4 Å². The van der Waals surface area contributed by atoms with Gasteiger partial charge in [-0.2, -0.15) is 12.6 Å². The van der Waals surface area contributed by atoms with Crippen molar-refractivity contribution in [2.45, 2.75) is 71.2 Å². The predicted octanol–water partition coefficient (Wildman–Crippen LogP) is 5.44. The molecule has 1 fully saturated rings. The van der Waals surface area contributed by atoms with Gasteiger partial charge in [-0.15, -0.1) is 0 Å². The molecule has 1 aliphatic rings. The molecule has 3 amide bonds. The van der Waals surface area contributed by atoms with Crippen LogP contribution in [0, 0.1) is 13.8 Å². The second-order valence-corrected chi connectivity index (χ2v) is 10.8. The predicted molar refractivity (Wildman–Crippen MR) is 151 cm³/mol. The lowest BCUT2D eigenvalue weighted by Crippen LogP contribution is -2.54. The molecular weight excluding hydrogens is 486 g/mol. The van der Waals surface area contributed by atoms with E-state index >= 15 is 0 Å². The highest BCUT2D eigenvalue weighted by atomic mass is 32.1. The molecule has 0 spiro atoms. The van der Waals surface area contributed by atoms with E-state index in [2.05, 4.69) is 29.8 Å². The van der Waals surface area contributed by atoms with Crippen LogP contribution in [0.3, 0.4) is 0 Å². The summed E-state index contributed by atoms with van der Waals surface area (Å²) in [6, 6.07) is 11.2. The van der Waals surface area contributed by atoms with Crippen LogP contribution in [0.5, 0.6) is 0 Å². The number of thiol groups is 1. The Kier molecular flexibility index (Phi) is 9.07. The highest BCUT2D eigenvalue weighted by molar-refractivity contribution is 7.80. The third kappa shape index (κ3) is 7.38. The van der Waals surface area contributed by atoms with E-state index in [1.54, 1.807) is 31.7 Å². The SMILES string of the molecule is C=Cc1cccc(C(C(=O)Nc2c(C)cccc2C)N(C(=O)C(CS)NC(=O)OC(C)(C)C)C2CC2)c1. The average Bonchev–Trinajstić information content (AvgIpc) is 3.67. The van der Waals surface area contributed by atoms with Crippen LogP contribution in [0.4, 0.5) is 10.5 Å². The number of amides is 3. The van der Waals surface area contributed by atoms with Gasteiger partial charge in [-0.3, -0.25) is 9.59 Å². The van der Waals surface area contributed by atoms with Crippen molar-refractivity contribution in [2.24, 2.45) is 0 Å². The van der Waals surface area contributed by atoms with E-state index in [1.165, 1.54) is 0 Å². The summed E-state index contributed by atoms with van der Waals surface area (Å²) in [7, 11) is 0. The Hall–Kier alpha value is -3.26. The highest BCUT2D eigenvalue weighted by Gasteiger charge is 2.44. The number of nitrogens with zero attached hydrogens (tertiary/aromatic N) is 1. The molecule has 1 aliphatic carbocycles. The summed E-state index contributed by atoms with van der Waals surface area (Å²) in [5.41, 5.74) is 3.36. The fraction of sp³-hybridized carbons (Fsp3) is 0.414. The van der Waals surface area contributed by atoms with Crippen LogP contribution in [-0.2, 0) is 14.3 Å². The van der Waals surface area contributed by atoms with Crippen molar-refractivity contribution in [3.05, 3.63) is 71.3 Å². The molecule has 0 saturated heterocycles. The number of ether oxygens (including phenoxy) is 1. The standard InChI is InChI=1S/C29H37N3O4S/c1-7-20-12-9-13-21(16-20)25(26(33)31-24-18(2)10-8-11-19(24)3)32(22-14-15-22)27(34)23(17-37)30-28(35)36-29(4,5)6/h7-13,16,22-23,25,37H,1,14-15,17H2,2-6H3,(H,30,35)(H,31,33). The molecule has 0 aromatic heterocycles. The number of anilines is 1. The van der Waals surface area contributed by atoms with Crippen LogP contribution in [0.25, 0.3) is 6.08 Å². The summed E-state index contributed by atoms with van der Waals surface area (Å²) in [6.07, 6.45) is 2.53. The van der Waals surface area contributed by atoms with E-state index in [0.717, 1.165) is 35.2 Å². The van der Waals surface area contributed by atoms with Gasteiger partial charge in [0.05, 0.1) is 0 Å². The van der Waals surface area contributed by atoms with Crippen LogP contribution < -0.4 is 10.6 Å². The van der Waals surface area contributed by atoms with Gasteiger partial charge in [0.15, 0.2) is 0 Å². The second-order valence-electron chi connectivity index (χ2n) is 10.4. The molecule has 2 atom stereocenters. The third-order valence-electron chi connectivity index (χ3n) is 6.08. The fourth-order valence-electron chi connectivity index (χ4n) is 4.18. The number of para-hydroxylation sites is 1. The van der Waals surface area contributed by atoms with Gasteiger partial charge in [0, 0.05) is 17.5 Å². The van der Waals surface area contributed by atoms with E-state index in [0.29, 0.717) is 5.56 Å². The average molecular weight is 524 g/mol. The minimum Gasteiger partial charge on any atom is -0.444 e. The van der Waals surface area contributed by atoms with E-state index in [1.807, 2.05) is 56.3 Å². The van der Waals surface area contributed by atoms with Crippen molar-refractivity contribution in [1.82, 2.24) is 10.2 Å². The lowest BCUT2D eigenvalue weighted by Gasteiger charge is -2.34. The first kappa shape index (κ1) is 28.3. The number of carbonyl (C=O) groups excluding carboxylic acids is 3. The van der Waals surface area contributed by atoms with Crippen molar-refractivity contribution in [2.75, 3.05) is 11.1 Å². The number of nitrogens with one attached hydrogen (secondary N) is 2. The molecule has 198 valence electrons. The van der Waals surface area contributed by atoms with Crippen LogP contribution in [-0.4, -0.2) is 46.2 Å². The summed E-state index contributed by atoms with van der Waals surface area (Å²) >= 11 is 4.34. The lowest BCUT2D eigenvalue weighted by molar-refractivity contribution is -0.141. The molecule has 2 unspecified atom stereocenters. The summed E-state index contributed by atoms with van der Waals surface area (Å²) in [5, 5.41) is 5.72. The van der Waals surface area contributed by atoms with Crippen molar-refractivity contribution in [3.63, 3.8) is 0 Å². The molecule has 2 aromatic carbocycles. The molecule has 0 heterocycles. The summed E-state index contributed by atoms with van der Waals surface area (Å²) in [6.45, 7) is 13.0. The molecule has 0 aliphatic heterocycles. The zero-order valence-electron chi connectivity index (χ0n) is 22.2. The van der Waals surface area contributed by atoms with Gasteiger partial charge in [-0.1, -0.05) is 49.1 Å². The maximum Gasteiger partial charge on any atom is 0.408 e. The largest absolute Gasteiger partial charge is 0.444 e. The van der Waals surface area contributed by atoms with Crippen molar-refractivity contribution >= 4 is 42.3 Å². The molecule has 7 nitrogen and oxygen atoms in total. The Bertz CT molecular complexity index is 1150. The Morgan fingerprint density at radius 1 is 1.14 bits per heavy atom. The zero-order valence-corrected chi connectivity index (χ0v) is 23.1. The molecule has 2 N–H and O–H groups in total. The van der Waals surface area contributed by atoms with Gasteiger partial charge in [-0.05, 0) is 75.8 Å². The van der Waals surface area contributed by atoms with Crippen LogP contribution >= 0.6 is 12.6 Å². The topological polar surface area (TPSA) is 87.7 Å². The van der Waals surface area contributed by atoms with E-state index < -0.39 is 23.8 Å². The quantitative estimate of drug-likeness (QED) is 0.382. The minimum atomic E-state index is -0.961. The van der Waals surface area contributed by atoms with Gasteiger partial charge in [-0.25, -0.2) is 4.79 Å². The smallest absolute Gasteiger partial charge is 0.408 e. The summed E-state index contributed by atoms with van der Waals surface area (Å²) in [5.74, 6) is -0.651. The van der Waals surface area contributed by atoms with Crippen molar-refractivity contribution < 1.29 is 19.1 Å². The normalized spacial score (nSPS) is 14.8. The van der Waals surface area contributed by atoms with Crippen LogP contribution in [0.2, 0.25) is 0 Å². The molecule has 8 heteroatoms. The summed E-state index contributed by atoms with van der Waals surface area (Å²) in [4.78, 5) is 42.0. The van der Waals surface area contributed by atoms with Crippen molar-refractivity contribution in [1.29, 1.82) is 0 Å². The number of benzene rings is 2. The van der Waals surface area contributed by atoms with Gasteiger partial charge in [0.25, 0.3) is 5.91 Å². The fourth-order valence-corrected chi connectivity index (χ4v) is 4.43. The maximum absolute atomic E-state index is 14.0. The van der Waals surface area contributed by atoms with Crippen LogP contribution in [0.1, 0.15) is 61.9 Å². The first-order valence-electron chi connectivity index (χ1n) is 12.5. The number of aryl methyl sites for hydroxylation is 2. The minimum absolute atomic E-state index is 0.0548. The number of hydrogen-bond donors (Lipinski definition) is 3. The Balaban J connectivity index is 2.01. The molecule has 1 saturated carbocycles. The lowest BCUT2D eigenvalue weighted by atomic mass is 9.99. The first-order valence-corrected chi connectivity index (χ1v) is 13.1. The molecule has 37 heavy (non-hydrogen) atoms. The Morgan fingerprint density at radius 2 is 1.76 bits per heavy atom. The third-order valence-corrected chi connectivity index (χ3v) is 6.45. The maximum atomic E-state index is 14.0. The van der Waals surface area contributed by atoms with Crippen molar-refractivity contribution in [3.8, 4) is 0 Å². The molecular formula is C29H37N3O4S. The Labute approximate surface area is 225 Å². The monoisotopic (exact) mass is 523 g/mol. The van der Waals surface area contributed by atoms with Gasteiger partial charge < -0.3 is 20.3 Å². The molecule has 0 radical (unpaired) electrons. The molecule has 0 bridgehead atoms. The summed E-state index contributed by atoms with van der Waals surface area (Å²) < 4.78 is 5.36. The number of carbonyl (C=O) groups is 3. The number of alkyl carbamates (subject to hydrolysis) is 1. The molecule has 3 rings (SSSR count). The highest BCUT2D eigenvalue weighted by Crippen LogP contribution is 2.37. The van der Waals surface area contributed by atoms with Gasteiger partial charge >= 0.3 is 6.09 Å². The van der Waals surface area contributed by atoms with Crippen LogP contribution in [0.15, 0.2) is 49.0 Å². The second kappa shape index (κ2) is 11.9. The van der Waals surface area contributed by atoms with Gasteiger partial charge in [0.2, 0.25) is 5.91 Å². The molecule has 2 aromatic rings. The van der Waals surface area contributed by atoms with E-state index in [4.69, 9.17) is 4.74 Å². The Morgan fingerprint density at radius 3 is 2.30 bits per heavy atom.